The van der Waals surface area contributed by atoms with Gasteiger partial charge >= 0.3 is 0 Å². The largest absolute Gasteiger partial charge is 0.339 e. The molecule has 106 valence electrons. The van der Waals surface area contributed by atoms with Crippen molar-refractivity contribution in [1.29, 1.82) is 0 Å². The average Bonchev–Trinajstić information content (AvgIpc) is 2.55. The zero-order chi connectivity index (χ0) is 14.7. The highest BCUT2D eigenvalue weighted by Crippen LogP contribution is 2.22. The molecule has 1 aliphatic rings. The second kappa shape index (κ2) is 5.85. The number of carbonyl (C=O) groups excluding carboxylic acids is 1. The predicted molar refractivity (Wildman–Crippen MR) is 82.0 cm³/mol. The summed E-state index contributed by atoms with van der Waals surface area (Å²) >= 11 is 0. The molecule has 1 heterocycles. The molecule has 21 heavy (non-hydrogen) atoms. The van der Waals surface area contributed by atoms with Crippen LogP contribution in [0, 0.1) is 0 Å². The van der Waals surface area contributed by atoms with Crippen LogP contribution in [0.25, 0.3) is 21.2 Å². The maximum atomic E-state index is 12.7. The fourth-order valence-electron chi connectivity index (χ4n) is 2.84. The summed E-state index contributed by atoms with van der Waals surface area (Å²) < 4.78 is 0. The molecule has 2 aromatic rings. The molecule has 1 saturated heterocycles. The second-order valence-corrected chi connectivity index (χ2v) is 5.25. The van der Waals surface area contributed by atoms with Crippen LogP contribution in [0.2, 0.25) is 0 Å². The normalized spacial score (nSPS) is 15.7. The molecule has 0 aromatic heterocycles. The highest BCUT2D eigenvalue weighted by molar-refractivity contribution is 6.07. The third-order valence-electron chi connectivity index (χ3n) is 3.99. The third-order valence-corrected chi connectivity index (χ3v) is 3.99. The third kappa shape index (κ3) is 2.69. The van der Waals surface area contributed by atoms with E-state index in [1.165, 1.54) is 0 Å². The minimum Gasteiger partial charge on any atom is -0.339 e. The lowest BCUT2D eigenvalue weighted by Crippen LogP contribution is -2.39. The number of nitrogens with zero attached hydrogens (tertiary/aromatic N) is 4. The van der Waals surface area contributed by atoms with E-state index in [2.05, 4.69) is 10.0 Å². The van der Waals surface area contributed by atoms with Crippen molar-refractivity contribution in [3.63, 3.8) is 0 Å². The quantitative estimate of drug-likeness (QED) is 0.469. The lowest BCUT2D eigenvalue weighted by atomic mass is 10.0. The molecule has 0 unspecified atom stereocenters. The van der Waals surface area contributed by atoms with Crippen LogP contribution >= 0.6 is 0 Å². The molecule has 5 heteroatoms. The van der Waals surface area contributed by atoms with E-state index in [9.17, 15) is 4.79 Å². The van der Waals surface area contributed by atoms with E-state index < -0.39 is 0 Å². The molecule has 0 saturated carbocycles. The van der Waals surface area contributed by atoms with Crippen LogP contribution in [0.15, 0.2) is 47.6 Å². The van der Waals surface area contributed by atoms with Crippen LogP contribution in [-0.4, -0.2) is 29.9 Å². The minimum absolute atomic E-state index is 0.0200. The van der Waals surface area contributed by atoms with Crippen molar-refractivity contribution >= 4 is 16.7 Å². The number of benzene rings is 2. The van der Waals surface area contributed by atoms with Gasteiger partial charge in [-0.3, -0.25) is 4.79 Å². The Morgan fingerprint density at radius 1 is 1.14 bits per heavy atom. The number of hydrogen-bond acceptors (Lipinski definition) is 2. The van der Waals surface area contributed by atoms with E-state index in [4.69, 9.17) is 5.53 Å². The lowest BCUT2D eigenvalue weighted by molar-refractivity contribution is 0.0717. The van der Waals surface area contributed by atoms with Crippen molar-refractivity contribution in [2.45, 2.75) is 18.9 Å². The first-order valence-electron chi connectivity index (χ1n) is 7.11. The molecule has 0 N–H and O–H groups in total. The van der Waals surface area contributed by atoms with Crippen LogP contribution in [0.5, 0.6) is 0 Å². The zero-order valence-electron chi connectivity index (χ0n) is 11.6. The summed E-state index contributed by atoms with van der Waals surface area (Å²) in [6, 6.07) is 13.8. The van der Waals surface area contributed by atoms with Gasteiger partial charge in [-0.05, 0) is 35.2 Å². The summed E-state index contributed by atoms with van der Waals surface area (Å²) in [6.45, 7) is 1.29. The molecule has 0 aliphatic carbocycles. The van der Waals surface area contributed by atoms with Gasteiger partial charge in [0.25, 0.3) is 5.91 Å². The molecular weight excluding hydrogens is 264 g/mol. The van der Waals surface area contributed by atoms with Crippen molar-refractivity contribution in [2.24, 2.45) is 5.11 Å². The molecular formula is C16H16N4O. The first-order valence-corrected chi connectivity index (χ1v) is 7.11. The Kier molecular flexibility index (Phi) is 3.75. The van der Waals surface area contributed by atoms with Crippen molar-refractivity contribution in [1.82, 2.24) is 4.90 Å². The smallest absolute Gasteiger partial charge is 0.254 e. The van der Waals surface area contributed by atoms with Crippen LogP contribution < -0.4 is 0 Å². The number of carbonyl (C=O) groups is 1. The Balaban J connectivity index is 1.83. The van der Waals surface area contributed by atoms with Crippen LogP contribution in [0.3, 0.4) is 0 Å². The van der Waals surface area contributed by atoms with E-state index in [1.54, 1.807) is 0 Å². The molecule has 1 fully saturated rings. The van der Waals surface area contributed by atoms with Crippen LogP contribution in [0.4, 0.5) is 0 Å². The molecule has 0 bridgehead atoms. The van der Waals surface area contributed by atoms with Gasteiger partial charge in [-0.15, -0.1) is 0 Å². The zero-order valence-corrected chi connectivity index (χ0v) is 11.6. The summed E-state index contributed by atoms with van der Waals surface area (Å²) in [6.07, 6.45) is 1.47. The number of amides is 1. The Morgan fingerprint density at radius 3 is 2.62 bits per heavy atom. The minimum atomic E-state index is 0.0200. The van der Waals surface area contributed by atoms with Gasteiger partial charge in [0.2, 0.25) is 0 Å². The molecule has 1 amide bonds. The number of azide groups is 1. The number of rotatable bonds is 2. The van der Waals surface area contributed by atoms with Crippen molar-refractivity contribution in [3.8, 4) is 0 Å². The van der Waals surface area contributed by atoms with Gasteiger partial charge in [-0.2, -0.15) is 0 Å². The number of hydrogen-bond donors (Lipinski definition) is 0. The Bertz CT molecular complexity index is 708. The van der Waals surface area contributed by atoms with Crippen molar-refractivity contribution in [3.05, 3.63) is 58.5 Å². The second-order valence-electron chi connectivity index (χ2n) is 5.25. The summed E-state index contributed by atoms with van der Waals surface area (Å²) in [5.74, 6) is 0.0613. The monoisotopic (exact) mass is 280 g/mol. The number of piperidine rings is 1. The van der Waals surface area contributed by atoms with Gasteiger partial charge in [0.15, 0.2) is 0 Å². The number of fused-ring (bicyclic) bond motifs is 1. The molecule has 5 nitrogen and oxygen atoms in total. The van der Waals surface area contributed by atoms with Gasteiger partial charge in [-0.1, -0.05) is 41.5 Å². The Hall–Kier alpha value is -2.52. The highest BCUT2D eigenvalue weighted by Gasteiger charge is 2.23. The van der Waals surface area contributed by atoms with E-state index in [0.29, 0.717) is 13.1 Å². The van der Waals surface area contributed by atoms with E-state index in [0.717, 1.165) is 29.2 Å². The van der Waals surface area contributed by atoms with Crippen LogP contribution in [0.1, 0.15) is 23.2 Å². The summed E-state index contributed by atoms with van der Waals surface area (Å²) in [7, 11) is 0. The Labute approximate surface area is 122 Å². The highest BCUT2D eigenvalue weighted by atomic mass is 16.2. The fraction of sp³-hybridized carbons (Fsp3) is 0.312. The van der Waals surface area contributed by atoms with Crippen LogP contribution in [-0.2, 0) is 0 Å². The molecule has 0 spiro atoms. The topological polar surface area (TPSA) is 69.1 Å². The van der Waals surface area contributed by atoms with Crippen molar-refractivity contribution < 1.29 is 4.79 Å². The van der Waals surface area contributed by atoms with Crippen molar-refractivity contribution in [2.75, 3.05) is 13.1 Å². The standard InChI is InChI=1S/C16H16N4O/c17-19-18-13-8-10-20(11-9-13)16(21)15-7-3-5-12-4-1-2-6-14(12)15/h1-7,13H,8-11H2. The number of likely N-dealkylation sites (tertiary alicyclic amines) is 1. The van der Waals surface area contributed by atoms with Gasteiger partial charge in [0.05, 0.1) is 0 Å². The molecule has 3 rings (SSSR count). The molecule has 2 aromatic carbocycles. The predicted octanol–water partition coefficient (Wildman–Crippen LogP) is 3.75. The first kappa shape index (κ1) is 13.5. The average molecular weight is 280 g/mol. The van der Waals surface area contributed by atoms with E-state index in [1.807, 2.05) is 47.4 Å². The summed E-state index contributed by atoms with van der Waals surface area (Å²) in [4.78, 5) is 17.4. The lowest BCUT2D eigenvalue weighted by Gasteiger charge is -2.30. The summed E-state index contributed by atoms with van der Waals surface area (Å²) in [5, 5.41) is 5.81. The van der Waals surface area contributed by atoms with E-state index in [-0.39, 0.29) is 11.9 Å². The maximum Gasteiger partial charge on any atom is 0.254 e. The molecule has 0 radical (unpaired) electrons. The maximum absolute atomic E-state index is 12.7. The SMILES string of the molecule is [N-]=[N+]=NC1CCN(C(=O)c2cccc3ccccc23)CC1. The van der Waals surface area contributed by atoms with Gasteiger partial charge in [0, 0.05) is 29.6 Å². The van der Waals surface area contributed by atoms with Gasteiger partial charge in [-0.25, -0.2) is 0 Å². The molecule has 0 atom stereocenters. The summed E-state index contributed by atoms with van der Waals surface area (Å²) in [5.41, 5.74) is 9.21. The first-order chi connectivity index (χ1) is 10.3. The van der Waals surface area contributed by atoms with E-state index >= 15 is 0 Å². The van der Waals surface area contributed by atoms with Gasteiger partial charge in [0.1, 0.15) is 0 Å². The fourth-order valence-corrected chi connectivity index (χ4v) is 2.84. The Morgan fingerprint density at radius 2 is 1.86 bits per heavy atom. The molecule has 1 aliphatic heterocycles. The van der Waals surface area contributed by atoms with Gasteiger partial charge < -0.3 is 4.90 Å².